The summed E-state index contributed by atoms with van der Waals surface area (Å²) >= 11 is 5.93. The van der Waals surface area contributed by atoms with E-state index in [0.717, 1.165) is 17.8 Å². The van der Waals surface area contributed by atoms with Crippen molar-refractivity contribution in [2.75, 3.05) is 19.6 Å². The average molecular weight is 405 g/mol. The fourth-order valence-corrected chi connectivity index (χ4v) is 4.13. The maximum Gasteiger partial charge on any atom is 0.243 e. The number of hydrazone groups is 1. The third kappa shape index (κ3) is 5.32. The van der Waals surface area contributed by atoms with Crippen molar-refractivity contribution in [1.82, 2.24) is 15.2 Å². The van der Waals surface area contributed by atoms with Gasteiger partial charge < -0.3 is 5.32 Å². The third-order valence-corrected chi connectivity index (χ3v) is 5.90. The number of carbonyl (C=O) groups excluding carboxylic acids is 2. The van der Waals surface area contributed by atoms with Crippen LogP contribution in [0.4, 0.5) is 0 Å². The summed E-state index contributed by atoms with van der Waals surface area (Å²) in [5, 5.41) is 9.29. The van der Waals surface area contributed by atoms with Crippen LogP contribution in [0.2, 0.25) is 5.02 Å². The van der Waals surface area contributed by atoms with Gasteiger partial charge in [-0.1, -0.05) is 30.2 Å². The van der Waals surface area contributed by atoms with Gasteiger partial charge in [-0.15, -0.1) is 0 Å². The number of nitrogens with one attached hydrogen (secondary N) is 1. The van der Waals surface area contributed by atoms with E-state index < -0.39 is 0 Å². The molecule has 1 fully saturated rings. The van der Waals surface area contributed by atoms with Gasteiger partial charge in [0, 0.05) is 43.0 Å². The monoisotopic (exact) mass is 404 g/mol. The van der Waals surface area contributed by atoms with Crippen molar-refractivity contribution in [2.45, 2.75) is 58.0 Å². The first kappa shape index (κ1) is 20.8. The van der Waals surface area contributed by atoms with Gasteiger partial charge in [0.2, 0.25) is 11.8 Å². The lowest BCUT2D eigenvalue weighted by molar-refractivity contribution is -0.136. The van der Waals surface area contributed by atoms with E-state index in [1.54, 1.807) is 12.1 Å². The predicted octanol–water partition coefficient (Wildman–Crippen LogP) is 3.05. The fourth-order valence-electron chi connectivity index (χ4n) is 4.01. The van der Waals surface area contributed by atoms with Gasteiger partial charge in [-0.05, 0) is 44.4 Å². The van der Waals surface area contributed by atoms with Crippen LogP contribution in [0.15, 0.2) is 29.4 Å². The second-order valence-corrected chi connectivity index (χ2v) is 8.16. The van der Waals surface area contributed by atoms with Gasteiger partial charge in [0.15, 0.2) is 0 Å². The molecule has 2 unspecified atom stereocenters. The first-order valence-corrected chi connectivity index (χ1v) is 10.5. The topological polar surface area (TPSA) is 65.0 Å². The highest BCUT2D eigenvalue weighted by Crippen LogP contribution is 2.21. The Morgan fingerprint density at radius 1 is 1.18 bits per heavy atom. The molecule has 2 atom stereocenters. The van der Waals surface area contributed by atoms with Crippen LogP contribution in [0.1, 0.15) is 51.5 Å². The van der Waals surface area contributed by atoms with Crippen molar-refractivity contribution in [3.8, 4) is 0 Å². The number of likely N-dealkylation sites (tertiary alicyclic amines) is 1. The summed E-state index contributed by atoms with van der Waals surface area (Å²) in [6.07, 6.45) is 4.63. The normalized spacial score (nSPS) is 23.5. The molecule has 0 radical (unpaired) electrons. The Morgan fingerprint density at radius 2 is 1.86 bits per heavy atom. The lowest BCUT2D eigenvalue weighted by atomic mass is 9.98. The van der Waals surface area contributed by atoms with Crippen LogP contribution in [-0.2, 0) is 9.59 Å². The van der Waals surface area contributed by atoms with Gasteiger partial charge in [0.05, 0.1) is 5.71 Å². The Kier molecular flexibility index (Phi) is 7.08. The Labute approximate surface area is 171 Å². The largest absolute Gasteiger partial charge is 0.353 e. The Bertz CT molecular complexity index is 724. The number of piperidine rings is 1. The Morgan fingerprint density at radius 3 is 2.54 bits per heavy atom. The Balaban J connectivity index is 1.52. The maximum absolute atomic E-state index is 12.3. The number of amides is 2. The molecule has 28 heavy (non-hydrogen) atoms. The van der Waals surface area contributed by atoms with Crippen LogP contribution >= 0.6 is 11.6 Å². The summed E-state index contributed by atoms with van der Waals surface area (Å²) in [5.74, 6) is -0.294. The van der Waals surface area contributed by atoms with Crippen LogP contribution in [0.5, 0.6) is 0 Å². The van der Waals surface area contributed by atoms with Crippen LogP contribution in [-0.4, -0.2) is 59.2 Å². The molecule has 1 aromatic rings. The number of carbonyl (C=O) groups is 2. The zero-order valence-electron chi connectivity index (χ0n) is 16.7. The number of nitrogens with zero attached hydrogens (tertiary/aromatic N) is 3. The summed E-state index contributed by atoms with van der Waals surface area (Å²) in [6, 6.07) is 8.48. The molecular formula is C21H29ClN4O2. The number of benzene rings is 1. The SMILES string of the molecule is CC1CCCC(C)N1CCNC(=O)CN1N=C(c2ccc(Cl)cc2)CCC1=O. The summed E-state index contributed by atoms with van der Waals surface area (Å²) < 4.78 is 0. The van der Waals surface area contributed by atoms with Crippen molar-refractivity contribution in [3.63, 3.8) is 0 Å². The molecule has 0 saturated carbocycles. The first-order chi connectivity index (χ1) is 13.4. The zero-order chi connectivity index (χ0) is 20.1. The van der Waals surface area contributed by atoms with Crippen molar-refractivity contribution >= 4 is 29.1 Å². The number of halogens is 1. The summed E-state index contributed by atoms with van der Waals surface area (Å²) in [5.41, 5.74) is 1.73. The predicted molar refractivity (Wildman–Crippen MR) is 111 cm³/mol. The van der Waals surface area contributed by atoms with Gasteiger partial charge in [-0.25, -0.2) is 5.01 Å². The second kappa shape index (κ2) is 9.52. The summed E-state index contributed by atoms with van der Waals surface area (Å²) in [6.45, 7) is 5.87. The minimum Gasteiger partial charge on any atom is -0.353 e. The molecule has 1 saturated heterocycles. The molecule has 7 heteroatoms. The number of rotatable bonds is 6. The number of hydrogen-bond acceptors (Lipinski definition) is 4. The van der Waals surface area contributed by atoms with Gasteiger partial charge in [-0.3, -0.25) is 14.5 Å². The highest BCUT2D eigenvalue weighted by molar-refractivity contribution is 6.30. The van der Waals surface area contributed by atoms with E-state index in [2.05, 4.69) is 29.2 Å². The molecule has 2 amide bonds. The van der Waals surface area contributed by atoms with Crippen molar-refractivity contribution in [1.29, 1.82) is 0 Å². The van der Waals surface area contributed by atoms with E-state index in [0.29, 0.717) is 36.5 Å². The first-order valence-electron chi connectivity index (χ1n) is 10.1. The molecule has 0 spiro atoms. The molecule has 6 nitrogen and oxygen atoms in total. The Hall–Kier alpha value is -1.92. The molecule has 152 valence electrons. The minimum absolute atomic E-state index is 0.0406. The molecule has 2 aliphatic heterocycles. The molecule has 0 bridgehead atoms. The van der Waals surface area contributed by atoms with E-state index in [4.69, 9.17) is 11.6 Å². The number of hydrogen-bond donors (Lipinski definition) is 1. The molecule has 1 aromatic carbocycles. The third-order valence-electron chi connectivity index (χ3n) is 5.64. The van der Waals surface area contributed by atoms with Gasteiger partial charge in [0.1, 0.15) is 6.54 Å². The van der Waals surface area contributed by atoms with Gasteiger partial charge in [0.25, 0.3) is 0 Å². The highest BCUT2D eigenvalue weighted by Gasteiger charge is 2.25. The van der Waals surface area contributed by atoms with E-state index in [1.807, 2.05) is 12.1 Å². The molecule has 3 rings (SSSR count). The second-order valence-electron chi connectivity index (χ2n) is 7.72. The lowest BCUT2D eigenvalue weighted by Gasteiger charge is -2.39. The molecule has 0 aliphatic carbocycles. The molecule has 0 aromatic heterocycles. The van der Waals surface area contributed by atoms with E-state index in [9.17, 15) is 9.59 Å². The van der Waals surface area contributed by atoms with Crippen LogP contribution in [0.3, 0.4) is 0 Å². The quantitative estimate of drug-likeness (QED) is 0.792. The van der Waals surface area contributed by atoms with E-state index in [-0.39, 0.29) is 18.4 Å². The van der Waals surface area contributed by atoms with Gasteiger partial charge >= 0.3 is 0 Å². The van der Waals surface area contributed by atoms with Gasteiger partial charge in [-0.2, -0.15) is 5.10 Å². The smallest absolute Gasteiger partial charge is 0.243 e. The van der Waals surface area contributed by atoms with E-state index in [1.165, 1.54) is 24.3 Å². The highest BCUT2D eigenvalue weighted by atomic mass is 35.5. The summed E-state index contributed by atoms with van der Waals surface area (Å²) in [7, 11) is 0. The maximum atomic E-state index is 12.3. The standard InChI is InChI=1S/C21H29ClN4O2/c1-15-4-3-5-16(2)25(15)13-12-23-20(27)14-26-21(28)11-10-19(24-26)17-6-8-18(22)9-7-17/h6-9,15-16H,3-5,10-14H2,1-2H3,(H,23,27). The molecular weight excluding hydrogens is 376 g/mol. The fraction of sp³-hybridized carbons (Fsp3) is 0.571. The molecule has 2 aliphatic rings. The minimum atomic E-state index is -0.174. The van der Waals surface area contributed by atoms with Crippen molar-refractivity contribution in [3.05, 3.63) is 34.9 Å². The van der Waals surface area contributed by atoms with Crippen LogP contribution in [0, 0.1) is 0 Å². The average Bonchev–Trinajstić information content (AvgIpc) is 2.66. The molecule has 2 heterocycles. The van der Waals surface area contributed by atoms with Crippen LogP contribution < -0.4 is 5.32 Å². The lowest BCUT2D eigenvalue weighted by Crippen LogP contribution is -2.48. The van der Waals surface area contributed by atoms with Crippen molar-refractivity contribution in [2.24, 2.45) is 5.10 Å². The summed E-state index contributed by atoms with van der Waals surface area (Å²) in [4.78, 5) is 27.0. The van der Waals surface area contributed by atoms with Crippen molar-refractivity contribution < 1.29 is 9.59 Å². The van der Waals surface area contributed by atoms with E-state index >= 15 is 0 Å². The zero-order valence-corrected chi connectivity index (χ0v) is 17.4. The van der Waals surface area contributed by atoms with Crippen LogP contribution in [0.25, 0.3) is 0 Å². The molecule has 1 N–H and O–H groups in total.